The number of aryl methyl sites for hydroxylation is 4. The fourth-order valence-corrected chi connectivity index (χ4v) is 4.26. The van der Waals surface area contributed by atoms with Crippen LogP contribution < -0.4 is 10.7 Å². The van der Waals surface area contributed by atoms with Gasteiger partial charge in [-0.25, -0.2) is 0 Å². The van der Waals surface area contributed by atoms with Crippen LogP contribution in [-0.2, 0) is 0 Å². The lowest BCUT2D eigenvalue weighted by Gasteiger charge is -2.21. The number of carbonyl (C=O) groups excluding carboxylic acids is 1. The first-order chi connectivity index (χ1) is 15.8. The highest BCUT2D eigenvalue weighted by Crippen LogP contribution is 2.30. The third kappa shape index (κ3) is 4.48. The first-order valence-electron chi connectivity index (χ1n) is 10.7. The van der Waals surface area contributed by atoms with Crippen LogP contribution in [0.15, 0.2) is 77.6 Å². The second kappa shape index (κ2) is 9.08. The molecule has 0 atom stereocenters. The van der Waals surface area contributed by atoms with Crippen molar-refractivity contribution in [1.29, 1.82) is 0 Å². The molecule has 3 aromatic carbocycles. The SMILES string of the molecule is Cc1ccc(-n2c(C)cc(=O)c(C(=O)Nc3c(C)cccc3C)c2-c2cccc(Cl)c2)cc1. The summed E-state index contributed by atoms with van der Waals surface area (Å²) in [5.41, 5.74) is 6.20. The molecule has 0 fully saturated rings. The number of anilines is 1. The Hall–Kier alpha value is -3.63. The first kappa shape index (κ1) is 22.6. The van der Waals surface area contributed by atoms with Gasteiger partial charge in [-0.3, -0.25) is 9.59 Å². The molecule has 1 N–H and O–H groups in total. The number of hydrogen-bond donors (Lipinski definition) is 1. The van der Waals surface area contributed by atoms with Gasteiger partial charge in [0.2, 0.25) is 0 Å². The van der Waals surface area contributed by atoms with Crippen molar-refractivity contribution >= 4 is 23.2 Å². The highest BCUT2D eigenvalue weighted by Gasteiger charge is 2.23. The topological polar surface area (TPSA) is 51.1 Å². The van der Waals surface area contributed by atoms with Gasteiger partial charge in [0.1, 0.15) is 5.56 Å². The van der Waals surface area contributed by atoms with Crippen LogP contribution in [0.1, 0.15) is 32.7 Å². The Kier molecular flexibility index (Phi) is 6.21. The molecule has 4 nitrogen and oxygen atoms in total. The summed E-state index contributed by atoms with van der Waals surface area (Å²) in [6.45, 7) is 7.74. The smallest absolute Gasteiger partial charge is 0.261 e. The number of rotatable bonds is 4. The van der Waals surface area contributed by atoms with E-state index < -0.39 is 5.91 Å². The Bertz CT molecular complexity index is 1400. The van der Waals surface area contributed by atoms with E-state index in [1.54, 1.807) is 12.1 Å². The Morgan fingerprint density at radius 2 is 1.48 bits per heavy atom. The van der Waals surface area contributed by atoms with Gasteiger partial charge in [-0.1, -0.05) is 59.6 Å². The van der Waals surface area contributed by atoms with E-state index in [4.69, 9.17) is 11.6 Å². The number of para-hydroxylation sites is 1. The van der Waals surface area contributed by atoms with E-state index in [2.05, 4.69) is 5.32 Å². The zero-order valence-corrected chi connectivity index (χ0v) is 19.8. The standard InChI is InChI=1S/C28H25ClN2O2/c1-17-11-13-23(14-12-17)31-20(4)15-24(32)25(27(31)21-9-6-10-22(29)16-21)28(33)30-26-18(2)7-5-8-19(26)3/h5-16H,1-4H3,(H,30,33). The summed E-state index contributed by atoms with van der Waals surface area (Å²) in [5.74, 6) is -0.451. The van der Waals surface area contributed by atoms with E-state index in [0.29, 0.717) is 22.0 Å². The van der Waals surface area contributed by atoms with Gasteiger partial charge in [0, 0.05) is 33.7 Å². The maximum absolute atomic E-state index is 13.6. The van der Waals surface area contributed by atoms with E-state index in [1.807, 2.05) is 86.9 Å². The summed E-state index contributed by atoms with van der Waals surface area (Å²) >= 11 is 6.31. The normalized spacial score (nSPS) is 10.8. The van der Waals surface area contributed by atoms with E-state index >= 15 is 0 Å². The van der Waals surface area contributed by atoms with Gasteiger partial charge in [0.15, 0.2) is 5.43 Å². The molecule has 166 valence electrons. The molecule has 0 saturated heterocycles. The monoisotopic (exact) mass is 456 g/mol. The second-order valence-corrected chi connectivity index (χ2v) is 8.71. The lowest BCUT2D eigenvalue weighted by molar-refractivity contribution is 0.102. The quantitative estimate of drug-likeness (QED) is 0.374. The van der Waals surface area contributed by atoms with Crippen LogP contribution in [0.25, 0.3) is 16.9 Å². The van der Waals surface area contributed by atoms with Crippen molar-refractivity contribution in [3.05, 3.63) is 116 Å². The van der Waals surface area contributed by atoms with Crippen LogP contribution in [0.2, 0.25) is 5.02 Å². The molecule has 0 spiro atoms. The van der Waals surface area contributed by atoms with Gasteiger partial charge in [-0.05, 0) is 63.1 Å². The zero-order valence-electron chi connectivity index (χ0n) is 19.1. The highest BCUT2D eigenvalue weighted by atomic mass is 35.5. The van der Waals surface area contributed by atoms with E-state index in [-0.39, 0.29) is 11.0 Å². The third-order valence-electron chi connectivity index (χ3n) is 5.74. The number of aromatic nitrogens is 1. The molecule has 0 saturated carbocycles. The zero-order chi connectivity index (χ0) is 23.7. The molecule has 5 heteroatoms. The molecule has 4 aromatic rings. The molecule has 0 aliphatic carbocycles. The van der Waals surface area contributed by atoms with E-state index in [9.17, 15) is 9.59 Å². The number of carbonyl (C=O) groups is 1. The van der Waals surface area contributed by atoms with Gasteiger partial charge in [0.05, 0.1) is 5.69 Å². The summed E-state index contributed by atoms with van der Waals surface area (Å²) < 4.78 is 1.94. The molecular weight excluding hydrogens is 432 g/mol. The average molecular weight is 457 g/mol. The van der Waals surface area contributed by atoms with Crippen molar-refractivity contribution in [3.8, 4) is 16.9 Å². The fraction of sp³-hybridized carbons (Fsp3) is 0.143. The molecule has 1 heterocycles. The molecule has 0 bridgehead atoms. The number of hydrogen-bond acceptors (Lipinski definition) is 2. The molecule has 0 radical (unpaired) electrons. The average Bonchev–Trinajstić information content (AvgIpc) is 2.76. The Morgan fingerprint density at radius 3 is 2.12 bits per heavy atom. The second-order valence-electron chi connectivity index (χ2n) is 8.28. The predicted octanol–water partition coefficient (Wildman–Crippen LogP) is 6.64. The van der Waals surface area contributed by atoms with E-state index in [0.717, 1.165) is 28.1 Å². The van der Waals surface area contributed by atoms with Crippen LogP contribution >= 0.6 is 11.6 Å². The number of nitrogens with one attached hydrogen (secondary N) is 1. The van der Waals surface area contributed by atoms with E-state index in [1.165, 1.54) is 6.07 Å². The largest absolute Gasteiger partial charge is 0.321 e. The first-order valence-corrected chi connectivity index (χ1v) is 11.1. The van der Waals surface area contributed by atoms with Crippen molar-refractivity contribution in [2.45, 2.75) is 27.7 Å². The minimum Gasteiger partial charge on any atom is -0.321 e. The molecule has 1 amide bonds. The van der Waals surface area contributed by atoms with Crippen LogP contribution in [0.5, 0.6) is 0 Å². The van der Waals surface area contributed by atoms with Crippen molar-refractivity contribution in [1.82, 2.24) is 4.57 Å². The van der Waals surface area contributed by atoms with Gasteiger partial charge >= 0.3 is 0 Å². The lowest BCUT2D eigenvalue weighted by atomic mass is 10.0. The minimum absolute atomic E-state index is 0.0751. The summed E-state index contributed by atoms with van der Waals surface area (Å²) in [6, 6.07) is 22.5. The summed E-state index contributed by atoms with van der Waals surface area (Å²) in [6.07, 6.45) is 0. The maximum atomic E-state index is 13.6. The Balaban J connectivity index is 2.00. The summed E-state index contributed by atoms with van der Waals surface area (Å²) in [5, 5.41) is 3.51. The maximum Gasteiger partial charge on any atom is 0.261 e. The molecule has 33 heavy (non-hydrogen) atoms. The van der Waals surface area contributed by atoms with Crippen LogP contribution in [0.3, 0.4) is 0 Å². The van der Waals surface area contributed by atoms with Crippen LogP contribution in [0.4, 0.5) is 5.69 Å². The fourth-order valence-electron chi connectivity index (χ4n) is 4.07. The van der Waals surface area contributed by atoms with Gasteiger partial charge < -0.3 is 9.88 Å². The number of amides is 1. The van der Waals surface area contributed by atoms with Gasteiger partial charge in [-0.2, -0.15) is 0 Å². The van der Waals surface area contributed by atoms with Gasteiger partial charge in [0.25, 0.3) is 5.91 Å². The molecule has 0 unspecified atom stereocenters. The van der Waals surface area contributed by atoms with Crippen LogP contribution in [-0.4, -0.2) is 10.5 Å². The molecule has 4 rings (SSSR count). The predicted molar refractivity (Wildman–Crippen MR) is 136 cm³/mol. The number of nitrogens with zero attached hydrogens (tertiary/aromatic N) is 1. The van der Waals surface area contributed by atoms with Crippen molar-refractivity contribution in [2.24, 2.45) is 0 Å². The van der Waals surface area contributed by atoms with Crippen molar-refractivity contribution in [2.75, 3.05) is 5.32 Å². The Morgan fingerprint density at radius 1 is 0.848 bits per heavy atom. The Labute approximate surface area is 198 Å². The third-order valence-corrected chi connectivity index (χ3v) is 5.97. The van der Waals surface area contributed by atoms with Crippen molar-refractivity contribution in [3.63, 3.8) is 0 Å². The summed E-state index contributed by atoms with van der Waals surface area (Å²) in [7, 11) is 0. The minimum atomic E-state index is -0.451. The van der Waals surface area contributed by atoms with Crippen LogP contribution in [0, 0.1) is 27.7 Å². The molecule has 0 aliphatic heterocycles. The number of benzene rings is 3. The summed E-state index contributed by atoms with van der Waals surface area (Å²) in [4.78, 5) is 26.9. The highest BCUT2D eigenvalue weighted by molar-refractivity contribution is 6.30. The number of pyridine rings is 1. The molecule has 0 aliphatic rings. The molecular formula is C28H25ClN2O2. The van der Waals surface area contributed by atoms with Crippen molar-refractivity contribution < 1.29 is 4.79 Å². The molecule has 1 aromatic heterocycles. The van der Waals surface area contributed by atoms with Gasteiger partial charge in [-0.15, -0.1) is 0 Å². The lowest BCUT2D eigenvalue weighted by Crippen LogP contribution is -2.26. The number of halogens is 1.